The molecule has 1 aromatic carbocycles. The molecule has 0 unspecified atom stereocenters. The van der Waals surface area contributed by atoms with Crippen LogP contribution in [0.5, 0.6) is 0 Å². The van der Waals surface area contributed by atoms with E-state index in [4.69, 9.17) is 11.6 Å². The van der Waals surface area contributed by atoms with Gasteiger partial charge < -0.3 is 9.88 Å². The highest BCUT2D eigenvalue weighted by Gasteiger charge is 2.05. The van der Waals surface area contributed by atoms with E-state index in [1.165, 1.54) is 0 Å². The highest BCUT2D eigenvalue weighted by atomic mass is 79.9. The van der Waals surface area contributed by atoms with E-state index in [0.717, 1.165) is 16.1 Å². The van der Waals surface area contributed by atoms with E-state index in [0.29, 0.717) is 11.6 Å². The first-order valence-corrected chi connectivity index (χ1v) is 6.22. The van der Waals surface area contributed by atoms with E-state index >= 15 is 0 Å². The standard InChI is InChI=1S/C12H11BrClN3/c1-2-6-17-7-5-15-12(17)16-11-4-3-9(13)8-10(11)14/h2-5,7-8H,1,6H2,(H,15,16). The maximum absolute atomic E-state index is 6.13. The number of rotatable bonds is 4. The summed E-state index contributed by atoms with van der Waals surface area (Å²) in [5.41, 5.74) is 0.825. The van der Waals surface area contributed by atoms with Crippen molar-refractivity contribution in [2.75, 3.05) is 5.32 Å². The Labute approximate surface area is 113 Å². The van der Waals surface area contributed by atoms with Crippen molar-refractivity contribution >= 4 is 39.2 Å². The molecule has 1 heterocycles. The first-order valence-electron chi connectivity index (χ1n) is 5.05. The van der Waals surface area contributed by atoms with Gasteiger partial charge in [0.05, 0.1) is 10.7 Å². The number of hydrogen-bond donors (Lipinski definition) is 1. The smallest absolute Gasteiger partial charge is 0.207 e. The zero-order chi connectivity index (χ0) is 12.3. The Bertz CT molecular complexity index is 536. The van der Waals surface area contributed by atoms with Gasteiger partial charge in [0.15, 0.2) is 0 Å². The number of nitrogens with one attached hydrogen (secondary N) is 1. The van der Waals surface area contributed by atoms with Gasteiger partial charge in [0.1, 0.15) is 0 Å². The van der Waals surface area contributed by atoms with Crippen molar-refractivity contribution in [3.63, 3.8) is 0 Å². The quantitative estimate of drug-likeness (QED) is 0.856. The van der Waals surface area contributed by atoms with Crippen LogP contribution in [0, 0.1) is 0 Å². The highest BCUT2D eigenvalue weighted by Crippen LogP contribution is 2.27. The SMILES string of the molecule is C=CCn1ccnc1Nc1ccc(Br)cc1Cl. The Hall–Kier alpha value is -1.26. The summed E-state index contributed by atoms with van der Waals surface area (Å²) in [6.45, 7) is 4.41. The number of halogens is 2. The molecule has 1 aromatic heterocycles. The van der Waals surface area contributed by atoms with E-state index in [1.54, 1.807) is 6.20 Å². The molecule has 0 radical (unpaired) electrons. The predicted octanol–water partition coefficient (Wildman–Crippen LogP) is 4.23. The molecule has 0 fully saturated rings. The lowest BCUT2D eigenvalue weighted by Crippen LogP contribution is -2.02. The molecule has 0 saturated heterocycles. The maximum Gasteiger partial charge on any atom is 0.207 e. The lowest BCUT2D eigenvalue weighted by atomic mass is 10.3. The molecule has 88 valence electrons. The average Bonchev–Trinajstić information content (AvgIpc) is 2.71. The molecule has 0 saturated carbocycles. The number of aromatic nitrogens is 2. The number of imidazole rings is 1. The molecular weight excluding hydrogens is 302 g/mol. The molecule has 0 spiro atoms. The molecule has 0 aliphatic heterocycles. The number of nitrogens with zero attached hydrogens (tertiary/aromatic N) is 2. The van der Waals surface area contributed by atoms with Crippen LogP contribution in [0.15, 0.2) is 47.7 Å². The molecule has 2 rings (SSSR count). The van der Waals surface area contributed by atoms with Crippen LogP contribution in [0.25, 0.3) is 0 Å². The van der Waals surface area contributed by atoms with Crippen molar-refractivity contribution in [2.45, 2.75) is 6.54 Å². The normalized spacial score (nSPS) is 10.2. The number of hydrogen-bond acceptors (Lipinski definition) is 2. The molecular formula is C12H11BrClN3. The van der Waals surface area contributed by atoms with Gasteiger partial charge in [-0.05, 0) is 18.2 Å². The summed E-state index contributed by atoms with van der Waals surface area (Å²) in [5, 5.41) is 3.83. The van der Waals surface area contributed by atoms with E-state index in [9.17, 15) is 0 Å². The van der Waals surface area contributed by atoms with Crippen LogP contribution >= 0.6 is 27.5 Å². The zero-order valence-electron chi connectivity index (χ0n) is 9.03. The lowest BCUT2D eigenvalue weighted by Gasteiger charge is -2.09. The van der Waals surface area contributed by atoms with Crippen molar-refractivity contribution in [3.8, 4) is 0 Å². The van der Waals surface area contributed by atoms with E-state index in [-0.39, 0.29) is 0 Å². The molecule has 3 nitrogen and oxygen atoms in total. The fourth-order valence-electron chi connectivity index (χ4n) is 1.43. The monoisotopic (exact) mass is 311 g/mol. The average molecular weight is 313 g/mol. The van der Waals surface area contributed by atoms with Gasteiger partial charge in [-0.25, -0.2) is 4.98 Å². The van der Waals surface area contributed by atoms with Gasteiger partial charge in [0, 0.05) is 23.4 Å². The van der Waals surface area contributed by atoms with Crippen LogP contribution in [-0.4, -0.2) is 9.55 Å². The van der Waals surface area contributed by atoms with Crippen molar-refractivity contribution in [3.05, 3.63) is 52.7 Å². The van der Waals surface area contributed by atoms with Crippen LogP contribution in [0.2, 0.25) is 5.02 Å². The summed E-state index contributed by atoms with van der Waals surface area (Å²) in [6.07, 6.45) is 5.44. The zero-order valence-corrected chi connectivity index (χ0v) is 11.4. The Morgan fingerprint density at radius 3 is 3.06 bits per heavy atom. The number of allylic oxidation sites excluding steroid dienone is 1. The summed E-state index contributed by atoms with van der Waals surface area (Å²) in [4.78, 5) is 4.23. The summed E-state index contributed by atoms with van der Waals surface area (Å²) < 4.78 is 2.90. The Morgan fingerprint density at radius 2 is 2.35 bits per heavy atom. The lowest BCUT2D eigenvalue weighted by molar-refractivity contribution is 0.833. The van der Waals surface area contributed by atoms with E-state index in [2.05, 4.69) is 32.8 Å². The fourth-order valence-corrected chi connectivity index (χ4v) is 2.15. The molecule has 5 heteroatoms. The molecule has 0 bridgehead atoms. The molecule has 1 N–H and O–H groups in total. The van der Waals surface area contributed by atoms with Gasteiger partial charge in [0.2, 0.25) is 5.95 Å². The van der Waals surface area contributed by atoms with Gasteiger partial charge in [-0.1, -0.05) is 33.6 Å². The molecule has 0 aliphatic carbocycles. The van der Waals surface area contributed by atoms with Crippen molar-refractivity contribution in [1.29, 1.82) is 0 Å². The highest BCUT2D eigenvalue weighted by molar-refractivity contribution is 9.10. The van der Waals surface area contributed by atoms with Gasteiger partial charge in [-0.2, -0.15) is 0 Å². The predicted molar refractivity (Wildman–Crippen MR) is 74.9 cm³/mol. The molecule has 2 aromatic rings. The van der Waals surface area contributed by atoms with Crippen molar-refractivity contribution < 1.29 is 0 Å². The second-order valence-electron chi connectivity index (χ2n) is 3.44. The third kappa shape index (κ3) is 2.90. The van der Waals surface area contributed by atoms with Gasteiger partial charge >= 0.3 is 0 Å². The Balaban J connectivity index is 2.25. The van der Waals surface area contributed by atoms with Crippen molar-refractivity contribution in [1.82, 2.24) is 9.55 Å². The van der Waals surface area contributed by atoms with Crippen LogP contribution in [0.1, 0.15) is 0 Å². The van der Waals surface area contributed by atoms with Gasteiger partial charge in [0.25, 0.3) is 0 Å². The van der Waals surface area contributed by atoms with Crippen molar-refractivity contribution in [2.24, 2.45) is 0 Å². The van der Waals surface area contributed by atoms with Crippen LogP contribution < -0.4 is 5.32 Å². The summed E-state index contributed by atoms with van der Waals surface area (Å²) in [6, 6.07) is 5.67. The second-order valence-corrected chi connectivity index (χ2v) is 4.76. The topological polar surface area (TPSA) is 29.9 Å². The minimum Gasteiger partial charge on any atom is -0.324 e. The number of anilines is 2. The minimum absolute atomic E-state index is 0.646. The van der Waals surface area contributed by atoms with E-state index < -0.39 is 0 Å². The van der Waals surface area contributed by atoms with Gasteiger partial charge in [-0.3, -0.25) is 0 Å². The summed E-state index contributed by atoms with van der Waals surface area (Å²) in [7, 11) is 0. The third-order valence-corrected chi connectivity index (χ3v) is 3.02. The molecule has 0 amide bonds. The Kier molecular flexibility index (Phi) is 3.86. The molecule has 0 aliphatic rings. The first kappa shape index (κ1) is 12.2. The third-order valence-electron chi connectivity index (χ3n) is 2.22. The van der Waals surface area contributed by atoms with Crippen LogP contribution in [-0.2, 0) is 6.54 Å². The maximum atomic E-state index is 6.13. The van der Waals surface area contributed by atoms with Crippen LogP contribution in [0.3, 0.4) is 0 Å². The minimum atomic E-state index is 0.646. The first-order chi connectivity index (χ1) is 8.20. The summed E-state index contributed by atoms with van der Waals surface area (Å²) in [5.74, 6) is 0.745. The Morgan fingerprint density at radius 1 is 1.53 bits per heavy atom. The van der Waals surface area contributed by atoms with Gasteiger partial charge in [-0.15, -0.1) is 6.58 Å². The van der Waals surface area contributed by atoms with Crippen LogP contribution in [0.4, 0.5) is 11.6 Å². The fraction of sp³-hybridized carbons (Fsp3) is 0.0833. The molecule has 17 heavy (non-hydrogen) atoms. The molecule has 0 atom stereocenters. The largest absolute Gasteiger partial charge is 0.324 e. The summed E-state index contributed by atoms with van der Waals surface area (Å²) >= 11 is 9.49. The number of benzene rings is 1. The second kappa shape index (κ2) is 5.38. The van der Waals surface area contributed by atoms with E-state index in [1.807, 2.05) is 35.0 Å².